The summed E-state index contributed by atoms with van der Waals surface area (Å²) < 4.78 is 5.92. The molecule has 1 amide bonds. The molecule has 158 valence electrons. The van der Waals surface area contributed by atoms with Gasteiger partial charge < -0.3 is 15.4 Å². The van der Waals surface area contributed by atoms with Crippen LogP contribution in [0, 0.1) is 0 Å². The molecule has 0 bridgehead atoms. The van der Waals surface area contributed by atoms with Gasteiger partial charge in [0.05, 0.1) is 6.61 Å². The molecule has 2 N–H and O–H groups in total. The van der Waals surface area contributed by atoms with Crippen molar-refractivity contribution in [2.24, 2.45) is 0 Å². The quantitative estimate of drug-likeness (QED) is 0.486. The maximum Gasteiger partial charge on any atom is 0.256 e. The van der Waals surface area contributed by atoms with Gasteiger partial charge in [-0.05, 0) is 47.5 Å². The van der Waals surface area contributed by atoms with Crippen LogP contribution in [-0.4, -0.2) is 32.7 Å². The van der Waals surface area contributed by atoms with Crippen LogP contribution in [0.25, 0.3) is 11.1 Å². The van der Waals surface area contributed by atoms with Crippen molar-refractivity contribution >= 4 is 17.5 Å². The van der Waals surface area contributed by atoms with E-state index in [1.807, 2.05) is 36.5 Å². The first kappa shape index (κ1) is 19.6. The number of anilines is 2. The van der Waals surface area contributed by atoms with Crippen molar-refractivity contribution in [2.45, 2.75) is 13.0 Å². The van der Waals surface area contributed by atoms with Crippen LogP contribution in [0.15, 0.2) is 73.3 Å². The second-order valence-corrected chi connectivity index (χ2v) is 7.28. The molecule has 8 heteroatoms. The fourth-order valence-corrected chi connectivity index (χ4v) is 3.64. The Kier molecular flexibility index (Phi) is 5.40. The van der Waals surface area contributed by atoms with Crippen LogP contribution >= 0.6 is 0 Å². The van der Waals surface area contributed by atoms with E-state index in [0.717, 1.165) is 40.2 Å². The van der Waals surface area contributed by atoms with E-state index in [9.17, 15) is 4.79 Å². The van der Waals surface area contributed by atoms with Crippen LogP contribution in [0.2, 0.25) is 0 Å². The summed E-state index contributed by atoms with van der Waals surface area (Å²) in [6.45, 7) is 1.16. The SMILES string of the molecule is O=C(Nc1cccnn1)c1cccc(CNc2ncc(-c3ccncc3)c3c2CCO3)c1. The number of ether oxygens (including phenoxy) is 1. The highest BCUT2D eigenvalue weighted by Gasteiger charge is 2.22. The Bertz CT molecular complexity index is 1250. The molecule has 4 aromatic rings. The van der Waals surface area contributed by atoms with Gasteiger partial charge in [0.25, 0.3) is 5.91 Å². The smallest absolute Gasteiger partial charge is 0.256 e. The molecule has 32 heavy (non-hydrogen) atoms. The van der Waals surface area contributed by atoms with Gasteiger partial charge in [0.1, 0.15) is 11.6 Å². The summed E-state index contributed by atoms with van der Waals surface area (Å²) in [6, 6.07) is 14.7. The van der Waals surface area contributed by atoms with Gasteiger partial charge in [-0.2, -0.15) is 5.10 Å². The standard InChI is InChI=1S/C24H20N6O2/c31-24(29-21-5-2-9-28-30-21)18-4-1-3-16(13-18)14-26-23-19-8-12-32-22(19)20(15-27-23)17-6-10-25-11-7-17/h1-7,9-11,13,15H,8,12,14H2,(H,26,27)(H,29,30,31). The average molecular weight is 424 g/mol. The lowest BCUT2D eigenvalue weighted by molar-refractivity contribution is 0.102. The molecule has 0 saturated heterocycles. The number of carbonyl (C=O) groups excluding carboxylic acids is 1. The highest BCUT2D eigenvalue weighted by Crippen LogP contribution is 2.39. The van der Waals surface area contributed by atoms with Gasteiger partial charge in [0.2, 0.25) is 0 Å². The van der Waals surface area contributed by atoms with Crippen LogP contribution in [0.5, 0.6) is 5.75 Å². The highest BCUT2D eigenvalue weighted by atomic mass is 16.5. The second-order valence-electron chi connectivity index (χ2n) is 7.28. The number of rotatable bonds is 6. The Morgan fingerprint density at radius 3 is 2.81 bits per heavy atom. The Hall–Kier alpha value is -4.33. The zero-order valence-electron chi connectivity index (χ0n) is 17.2. The first-order chi connectivity index (χ1) is 15.8. The van der Waals surface area contributed by atoms with Crippen LogP contribution in [0.4, 0.5) is 11.6 Å². The van der Waals surface area contributed by atoms with Gasteiger partial charge in [-0.15, -0.1) is 5.10 Å². The van der Waals surface area contributed by atoms with Crippen molar-refractivity contribution in [3.63, 3.8) is 0 Å². The number of hydrogen-bond donors (Lipinski definition) is 2. The lowest BCUT2D eigenvalue weighted by atomic mass is 10.0. The molecule has 8 nitrogen and oxygen atoms in total. The monoisotopic (exact) mass is 424 g/mol. The lowest BCUT2D eigenvalue weighted by Gasteiger charge is -2.13. The summed E-state index contributed by atoms with van der Waals surface area (Å²) in [6.07, 6.45) is 7.70. The molecule has 0 radical (unpaired) electrons. The molecule has 4 heterocycles. The molecular formula is C24H20N6O2. The van der Waals surface area contributed by atoms with Crippen LogP contribution in [0.1, 0.15) is 21.5 Å². The van der Waals surface area contributed by atoms with Gasteiger partial charge in [0, 0.05) is 54.4 Å². The number of carbonyl (C=O) groups is 1. The summed E-state index contributed by atoms with van der Waals surface area (Å²) >= 11 is 0. The zero-order chi connectivity index (χ0) is 21.8. The maximum atomic E-state index is 12.5. The fourth-order valence-electron chi connectivity index (χ4n) is 3.64. The normalized spacial score (nSPS) is 12.0. The van der Waals surface area contributed by atoms with Crippen LogP contribution < -0.4 is 15.4 Å². The number of fused-ring (bicyclic) bond motifs is 1. The molecule has 0 unspecified atom stereocenters. The van der Waals surface area contributed by atoms with Crippen molar-refractivity contribution in [3.8, 4) is 16.9 Å². The summed E-state index contributed by atoms with van der Waals surface area (Å²) in [7, 11) is 0. The fraction of sp³-hybridized carbons (Fsp3) is 0.125. The molecular weight excluding hydrogens is 404 g/mol. The Morgan fingerprint density at radius 2 is 1.97 bits per heavy atom. The third kappa shape index (κ3) is 4.11. The Morgan fingerprint density at radius 1 is 1.06 bits per heavy atom. The minimum atomic E-state index is -0.235. The molecule has 1 aromatic carbocycles. The van der Waals surface area contributed by atoms with E-state index in [1.165, 1.54) is 0 Å². The van der Waals surface area contributed by atoms with Crippen molar-refractivity contribution in [1.82, 2.24) is 20.2 Å². The van der Waals surface area contributed by atoms with E-state index >= 15 is 0 Å². The van der Waals surface area contributed by atoms with E-state index in [-0.39, 0.29) is 5.91 Å². The summed E-state index contributed by atoms with van der Waals surface area (Å²) in [5, 5.41) is 13.8. The molecule has 0 spiro atoms. The van der Waals surface area contributed by atoms with Gasteiger partial charge in [-0.1, -0.05) is 12.1 Å². The average Bonchev–Trinajstić information content (AvgIpc) is 3.34. The molecule has 3 aromatic heterocycles. The van der Waals surface area contributed by atoms with Crippen molar-refractivity contribution in [3.05, 3.63) is 90.0 Å². The maximum absolute atomic E-state index is 12.5. The second kappa shape index (κ2) is 8.81. The molecule has 0 fully saturated rings. The number of amides is 1. The van der Waals surface area contributed by atoms with Crippen molar-refractivity contribution in [2.75, 3.05) is 17.2 Å². The number of nitrogens with one attached hydrogen (secondary N) is 2. The summed E-state index contributed by atoms with van der Waals surface area (Å²) in [4.78, 5) is 21.3. The largest absolute Gasteiger partial charge is 0.492 e. The number of nitrogens with zero attached hydrogens (tertiary/aromatic N) is 4. The van der Waals surface area contributed by atoms with Gasteiger partial charge in [-0.25, -0.2) is 4.98 Å². The number of aromatic nitrogens is 4. The van der Waals surface area contributed by atoms with Gasteiger partial charge in [-0.3, -0.25) is 9.78 Å². The molecule has 0 atom stereocenters. The predicted octanol–water partition coefficient (Wildman–Crippen LogP) is 3.73. The van der Waals surface area contributed by atoms with Crippen molar-refractivity contribution in [1.29, 1.82) is 0 Å². The predicted molar refractivity (Wildman–Crippen MR) is 120 cm³/mol. The molecule has 1 aliphatic rings. The zero-order valence-corrected chi connectivity index (χ0v) is 17.2. The van der Waals surface area contributed by atoms with E-state index in [1.54, 1.807) is 36.8 Å². The van der Waals surface area contributed by atoms with Gasteiger partial charge >= 0.3 is 0 Å². The Labute approximate surface area is 184 Å². The molecule has 0 aliphatic carbocycles. The number of pyridine rings is 2. The topological polar surface area (TPSA) is 102 Å². The van der Waals surface area contributed by atoms with E-state index in [0.29, 0.717) is 24.5 Å². The lowest BCUT2D eigenvalue weighted by Crippen LogP contribution is -2.14. The first-order valence-corrected chi connectivity index (χ1v) is 10.2. The Balaban J connectivity index is 1.32. The third-order valence-electron chi connectivity index (χ3n) is 5.18. The van der Waals surface area contributed by atoms with E-state index < -0.39 is 0 Å². The number of benzene rings is 1. The molecule has 0 saturated carbocycles. The van der Waals surface area contributed by atoms with E-state index in [4.69, 9.17) is 4.74 Å². The minimum Gasteiger partial charge on any atom is -0.492 e. The van der Waals surface area contributed by atoms with Crippen LogP contribution in [-0.2, 0) is 13.0 Å². The van der Waals surface area contributed by atoms with Crippen molar-refractivity contribution < 1.29 is 9.53 Å². The van der Waals surface area contributed by atoms with Gasteiger partial charge in [0.15, 0.2) is 5.82 Å². The molecule has 5 rings (SSSR count). The first-order valence-electron chi connectivity index (χ1n) is 10.2. The van der Waals surface area contributed by atoms with Crippen LogP contribution in [0.3, 0.4) is 0 Å². The third-order valence-corrected chi connectivity index (χ3v) is 5.18. The minimum absolute atomic E-state index is 0.235. The number of hydrogen-bond acceptors (Lipinski definition) is 7. The van der Waals surface area contributed by atoms with E-state index in [2.05, 4.69) is 30.8 Å². The summed E-state index contributed by atoms with van der Waals surface area (Å²) in [5.41, 5.74) is 4.57. The highest BCUT2D eigenvalue weighted by molar-refractivity contribution is 6.03. The summed E-state index contributed by atoms with van der Waals surface area (Å²) in [5.74, 6) is 1.84. The molecule has 1 aliphatic heterocycles.